The molecule has 2 aliphatic carbocycles. The van der Waals surface area contributed by atoms with Gasteiger partial charge in [-0.15, -0.1) is 0 Å². The largest absolute Gasteiger partial charge is 0.268 e. The van der Waals surface area contributed by atoms with E-state index in [1.807, 2.05) is 6.07 Å². The van der Waals surface area contributed by atoms with Crippen molar-refractivity contribution in [2.45, 2.75) is 56.5 Å². The third-order valence-corrected chi connectivity index (χ3v) is 5.03. The standard InChI is InChI=1S/C14H21N3O3S/c1-21(19,20)16-11-4-6-12(7-5-11)17-14(18)9-8-13(15-17)10-2-3-10/h8-12,16H,2-7H2,1H3. The van der Waals surface area contributed by atoms with Crippen molar-refractivity contribution in [2.24, 2.45) is 0 Å². The van der Waals surface area contributed by atoms with Gasteiger partial charge in [-0.05, 0) is 44.6 Å². The van der Waals surface area contributed by atoms with E-state index < -0.39 is 10.0 Å². The van der Waals surface area contributed by atoms with E-state index in [0.29, 0.717) is 5.92 Å². The van der Waals surface area contributed by atoms with Gasteiger partial charge < -0.3 is 0 Å². The zero-order chi connectivity index (χ0) is 15.0. The maximum atomic E-state index is 12.0. The van der Waals surface area contributed by atoms with Crippen molar-refractivity contribution >= 4 is 10.0 Å². The first-order valence-electron chi connectivity index (χ1n) is 7.49. The lowest BCUT2D eigenvalue weighted by molar-refractivity contribution is 0.284. The molecule has 1 aromatic heterocycles. The van der Waals surface area contributed by atoms with E-state index in [2.05, 4.69) is 9.82 Å². The Morgan fingerprint density at radius 2 is 1.81 bits per heavy atom. The fourth-order valence-corrected chi connectivity index (χ4v) is 3.88. The molecule has 1 N–H and O–H groups in total. The summed E-state index contributed by atoms with van der Waals surface area (Å²) in [6, 6.07) is 3.53. The van der Waals surface area contributed by atoms with Gasteiger partial charge in [0.2, 0.25) is 10.0 Å². The Balaban J connectivity index is 1.69. The molecule has 3 rings (SSSR count). The molecular weight excluding hydrogens is 290 g/mol. The van der Waals surface area contributed by atoms with Gasteiger partial charge in [-0.3, -0.25) is 4.79 Å². The highest BCUT2D eigenvalue weighted by molar-refractivity contribution is 7.88. The summed E-state index contributed by atoms with van der Waals surface area (Å²) in [5.41, 5.74) is 0.963. The number of aromatic nitrogens is 2. The molecule has 6 nitrogen and oxygen atoms in total. The number of sulfonamides is 1. The van der Waals surface area contributed by atoms with E-state index in [-0.39, 0.29) is 17.6 Å². The van der Waals surface area contributed by atoms with Crippen LogP contribution in [0.2, 0.25) is 0 Å². The van der Waals surface area contributed by atoms with E-state index >= 15 is 0 Å². The maximum Gasteiger partial charge on any atom is 0.267 e. The smallest absolute Gasteiger partial charge is 0.267 e. The van der Waals surface area contributed by atoms with Gasteiger partial charge in [0.25, 0.3) is 5.56 Å². The van der Waals surface area contributed by atoms with Crippen LogP contribution in [0.15, 0.2) is 16.9 Å². The van der Waals surface area contributed by atoms with Gasteiger partial charge in [-0.1, -0.05) is 0 Å². The zero-order valence-corrected chi connectivity index (χ0v) is 13.0. The van der Waals surface area contributed by atoms with E-state index in [4.69, 9.17) is 0 Å². The van der Waals surface area contributed by atoms with Crippen LogP contribution in [0.25, 0.3) is 0 Å². The van der Waals surface area contributed by atoms with Crippen LogP contribution in [0.1, 0.15) is 56.2 Å². The Hall–Kier alpha value is -1.21. The highest BCUT2D eigenvalue weighted by atomic mass is 32.2. The molecule has 0 unspecified atom stereocenters. The number of nitrogens with zero attached hydrogens (tertiary/aromatic N) is 2. The molecule has 0 amide bonds. The first-order valence-corrected chi connectivity index (χ1v) is 9.38. The van der Waals surface area contributed by atoms with Crippen molar-refractivity contribution in [1.29, 1.82) is 0 Å². The monoisotopic (exact) mass is 311 g/mol. The van der Waals surface area contributed by atoms with Crippen molar-refractivity contribution in [1.82, 2.24) is 14.5 Å². The zero-order valence-electron chi connectivity index (χ0n) is 12.2. The third-order valence-electron chi connectivity index (χ3n) is 4.26. The molecule has 2 aliphatic rings. The molecule has 0 radical (unpaired) electrons. The molecule has 0 atom stereocenters. The third kappa shape index (κ3) is 3.71. The molecule has 0 bridgehead atoms. The predicted molar refractivity (Wildman–Crippen MR) is 79.7 cm³/mol. The van der Waals surface area contributed by atoms with E-state index in [9.17, 15) is 13.2 Å². The summed E-state index contributed by atoms with van der Waals surface area (Å²) in [5.74, 6) is 0.528. The lowest BCUT2D eigenvalue weighted by atomic mass is 9.92. The van der Waals surface area contributed by atoms with Gasteiger partial charge in [-0.2, -0.15) is 5.10 Å². The molecule has 0 spiro atoms. The predicted octanol–water partition coefficient (Wildman–Crippen LogP) is 1.15. The summed E-state index contributed by atoms with van der Waals surface area (Å²) >= 11 is 0. The van der Waals surface area contributed by atoms with Crippen LogP contribution in [-0.2, 0) is 10.0 Å². The molecule has 116 valence electrons. The molecular formula is C14H21N3O3S. The normalized spacial score (nSPS) is 26.7. The van der Waals surface area contributed by atoms with Gasteiger partial charge in [0.1, 0.15) is 0 Å². The SMILES string of the molecule is CS(=O)(=O)NC1CCC(n2nc(C3CC3)ccc2=O)CC1. The van der Waals surface area contributed by atoms with Crippen molar-refractivity contribution in [3.05, 3.63) is 28.2 Å². The summed E-state index contributed by atoms with van der Waals surface area (Å²) < 4.78 is 26.8. The van der Waals surface area contributed by atoms with Crippen LogP contribution in [0.4, 0.5) is 0 Å². The number of nitrogens with one attached hydrogen (secondary N) is 1. The van der Waals surface area contributed by atoms with Crippen molar-refractivity contribution in [2.75, 3.05) is 6.26 Å². The van der Waals surface area contributed by atoms with Crippen LogP contribution in [-0.4, -0.2) is 30.5 Å². The molecule has 2 saturated carbocycles. The molecule has 1 aromatic rings. The maximum absolute atomic E-state index is 12.0. The minimum absolute atomic E-state index is 0.0152. The first-order chi connectivity index (χ1) is 9.92. The molecule has 7 heteroatoms. The minimum atomic E-state index is -3.16. The van der Waals surface area contributed by atoms with Gasteiger partial charge >= 0.3 is 0 Å². The van der Waals surface area contributed by atoms with Crippen molar-refractivity contribution in [3.8, 4) is 0 Å². The van der Waals surface area contributed by atoms with Crippen LogP contribution in [0, 0.1) is 0 Å². The van der Waals surface area contributed by atoms with Crippen LogP contribution in [0.5, 0.6) is 0 Å². The van der Waals surface area contributed by atoms with Crippen LogP contribution in [0.3, 0.4) is 0 Å². The van der Waals surface area contributed by atoms with Gasteiger partial charge in [0.05, 0.1) is 18.0 Å². The minimum Gasteiger partial charge on any atom is -0.268 e. The number of rotatable bonds is 4. The molecule has 21 heavy (non-hydrogen) atoms. The second-order valence-corrected chi connectivity index (χ2v) is 7.99. The average molecular weight is 311 g/mol. The fraction of sp³-hybridized carbons (Fsp3) is 0.714. The molecule has 1 heterocycles. The summed E-state index contributed by atoms with van der Waals surface area (Å²) in [6.07, 6.45) is 6.58. The van der Waals surface area contributed by atoms with Gasteiger partial charge in [0.15, 0.2) is 0 Å². The summed E-state index contributed by atoms with van der Waals surface area (Å²) in [4.78, 5) is 12.0. The van der Waals surface area contributed by atoms with Crippen LogP contribution < -0.4 is 10.3 Å². The lowest BCUT2D eigenvalue weighted by Gasteiger charge is -2.29. The highest BCUT2D eigenvalue weighted by Crippen LogP contribution is 2.38. The highest BCUT2D eigenvalue weighted by Gasteiger charge is 2.28. The summed E-state index contributed by atoms with van der Waals surface area (Å²) in [5, 5.41) is 4.52. The molecule has 0 aromatic carbocycles. The average Bonchev–Trinajstić information content (AvgIpc) is 3.23. The lowest BCUT2D eigenvalue weighted by Crippen LogP contribution is -2.39. The Kier molecular flexibility index (Phi) is 3.88. The Bertz CT molecular complexity index is 671. The Morgan fingerprint density at radius 1 is 1.14 bits per heavy atom. The number of hydrogen-bond donors (Lipinski definition) is 1. The quantitative estimate of drug-likeness (QED) is 0.904. The Morgan fingerprint density at radius 3 is 2.38 bits per heavy atom. The molecule has 0 aliphatic heterocycles. The van der Waals surface area contributed by atoms with Crippen LogP contribution >= 0.6 is 0 Å². The van der Waals surface area contributed by atoms with Crippen molar-refractivity contribution < 1.29 is 8.42 Å². The summed E-state index contributed by atoms with van der Waals surface area (Å²) in [6.45, 7) is 0. The molecule has 0 saturated heterocycles. The second kappa shape index (κ2) is 5.53. The van der Waals surface area contributed by atoms with E-state index in [1.54, 1.807) is 10.7 Å². The second-order valence-electron chi connectivity index (χ2n) is 6.21. The first kappa shape index (κ1) is 14.7. The topological polar surface area (TPSA) is 81.1 Å². The van der Waals surface area contributed by atoms with E-state index in [1.165, 1.54) is 6.26 Å². The fourth-order valence-electron chi connectivity index (χ4n) is 3.04. The number of hydrogen-bond acceptors (Lipinski definition) is 4. The Labute approximate surface area is 124 Å². The van der Waals surface area contributed by atoms with Crippen molar-refractivity contribution in [3.63, 3.8) is 0 Å². The molecule has 2 fully saturated rings. The summed E-state index contributed by atoms with van der Waals surface area (Å²) in [7, 11) is -3.16. The van der Waals surface area contributed by atoms with E-state index in [0.717, 1.165) is 44.2 Å². The van der Waals surface area contributed by atoms with Gasteiger partial charge in [-0.25, -0.2) is 17.8 Å². The van der Waals surface area contributed by atoms with Gasteiger partial charge in [0, 0.05) is 18.0 Å².